The smallest absolute Gasteiger partial charge is 0.271 e. The van der Waals surface area contributed by atoms with Crippen LogP contribution in [0.15, 0.2) is 23.6 Å². The number of rotatable bonds is 4. The number of thiazole rings is 1. The normalized spacial score (nSPS) is 10.3. The van der Waals surface area contributed by atoms with Crippen LogP contribution in [0.2, 0.25) is 0 Å². The highest BCUT2D eigenvalue weighted by Gasteiger charge is 2.08. The lowest BCUT2D eigenvalue weighted by Crippen LogP contribution is -2.01. The first-order valence-electron chi connectivity index (χ1n) is 5.46. The molecule has 0 radical (unpaired) electrons. The molecule has 0 spiro atoms. The highest BCUT2D eigenvalue weighted by molar-refractivity contribution is 7.09. The first-order valence-corrected chi connectivity index (χ1v) is 6.34. The first kappa shape index (κ1) is 12.5. The van der Waals surface area contributed by atoms with E-state index in [1.807, 2.05) is 19.2 Å². The molecule has 0 aliphatic heterocycles. The Balaban J connectivity index is 2.13. The molecule has 0 aliphatic rings. The van der Waals surface area contributed by atoms with Crippen molar-refractivity contribution in [2.24, 2.45) is 0 Å². The maximum atomic E-state index is 10.7. The van der Waals surface area contributed by atoms with Crippen LogP contribution >= 0.6 is 11.3 Å². The zero-order valence-electron chi connectivity index (χ0n) is 10.1. The fourth-order valence-electron chi connectivity index (χ4n) is 1.57. The fourth-order valence-corrected chi connectivity index (χ4v) is 2.28. The van der Waals surface area contributed by atoms with Crippen molar-refractivity contribution >= 4 is 22.7 Å². The summed E-state index contributed by atoms with van der Waals surface area (Å²) >= 11 is 1.58. The second-order valence-electron chi connectivity index (χ2n) is 3.99. The van der Waals surface area contributed by atoms with Crippen molar-refractivity contribution in [1.29, 1.82) is 0 Å². The van der Waals surface area contributed by atoms with Gasteiger partial charge in [0.1, 0.15) is 5.01 Å². The van der Waals surface area contributed by atoms with E-state index in [9.17, 15) is 10.1 Å². The Labute approximate surface area is 109 Å². The number of nitro groups is 1. The van der Waals surface area contributed by atoms with Crippen molar-refractivity contribution in [3.63, 3.8) is 0 Å². The van der Waals surface area contributed by atoms with Gasteiger partial charge in [-0.25, -0.2) is 4.98 Å². The summed E-state index contributed by atoms with van der Waals surface area (Å²) in [5, 5.41) is 16.8. The highest BCUT2D eigenvalue weighted by Crippen LogP contribution is 2.22. The van der Waals surface area contributed by atoms with Gasteiger partial charge in [0.15, 0.2) is 0 Å². The lowest BCUT2D eigenvalue weighted by Gasteiger charge is -2.07. The van der Waals surface area contributed by atoms with Crippen molar-refractivity contribution in [1.82, 2.24) is 4.98 Å². The summed E-state index contributed by atoms with van der Waals surface area (Å²) < 4.78 is 0. The molecule has 18 heavy (non-hydrogen) atoms. The lowest BCUT2D eigenvalue weighted by molar-refractivity contribution is -0.384. The molecule has 6 heteroatoms. The third-order valence-corrected chi connectivity index (χ3v) is 3.50. The molecule has 0 amide bonds. The average molecular weight is 263 g/mol. The number of nitrogens with one attached hydrogen (secondary N) is 1. The van der Waals surface area contributed by atoms with Crippen LogP contribution in [-0.2, 0) is 6.54 Å². The number of anilines is 1. The lowest BCUT2D eigenvalue weighted by atomic mass is 10.2. The Morgan fingerprint density at radius 2 is 2.22 bits per heavy atom. The number of nitrogens with zero attached hydrogens (tertiary/aromatic N) is 2. The Morgan fingerprint density at radius 3 is 2.83 bits per heavy atom. The molecule has 0 unspecified atom stereocenters. The number of aryl methyl sites for hydroxylation is 2. The van der Waals surface area contributed by atoms with E-state index in [-0.39, 0.29) is 5.69 Å². The summed E-state index contributed by atoms with van der Waals surface area (Å²) in [6.45, 7) is 4.44. The molecule has 0 bridgehead atoms. The first-order chi connectivity index (χ1) is 8.56. The standard InChI is InChI=1S/C12H13N3O2S/c1-8-3-4-10(15(16)17)5-11(8)13-6-12-14-9(2)7-18-12/h3-5,7,13H,6H2,1-2H3. The molecule has 2 rings (SSSR count). The molecule has 1 heterocycles. The second kappa shape index (κ2) is 5.14. The number of hydrogen-bond acceptors (Lipinski definition) is 5. The van der Waals surface area contributed by atoms with Gasteiger partial charge in [0.2, 0.25) is 0 Å². The number of benzene rings is 1. The molecular weight excluding hydrogens is 250 g/mol. The quantitative estimate of drug-likeness (QED) is 0.679. The molecule has 0 saturated heterocycles. The van der Waals surface area contributed by atoms with Gasteiger partial charge in [-0.2, -0.15) is 0 Å². The third-order valence-electron chi connectivity index (χ3n) is 2.53. The van der Waals surface area contributed by atoms with Gasteiger partial charge >= 0.3 is 0 Å². The van der Waals surface area contributed by atoms with Crippen LogP contribution < -0.4 is 5.32 Å². The molecule has 0 atom stereocenters. The Kier molecular flexibility index (Phi) is 3.57. The van der Waals surface area contributed by atoms with Gasteiger partial charge in [0.05, 0.1) is 11.5 Å². The van der Waals surface area contributed by atoms with Gasteiger partial charge < -0.3 is 5.32 Å². The molecule has 0 fully saturated rings. The van der Waals surface area contributed by atoms with Gasteiger partial charge in [-0.3, -0.25) is 10.1 Å². The number of nitro benzene ring substituents is 1. The van der Waals surface area contributed by atoms with E-state index in [1.165, 1.54) is 6.07 Å². The largest absolute Gasteiger partial charge is 0.378 e. The topological polar surface area (TPSA) is 68.1 Å². The van der Waals surface area contributed by atoms with E-state index in [0.29, 0.717) is 6.54 Å². The van der Waals surface area contributed by atoms with Gasteiger partial charge in [-0.15, -0.1) is 11.3 Å². The molecule has 0 aliphatic carbocycles. The van der Waals surface area contributed by atoms with Crippen LogP contribution in [0, 0.1) is 24.0 Å². The second-order valence-corrected chi connectivity index (χ2v) is 4.94. The molecule has 2 aromatic rings. The molecular formula is C12H13N3O2S. The minimum absolute atomic E-state index is 0.0958. The SMILES string of the molecule is Cc1csc(CNc2cc([N+](=O)[O-])ccc2C)n1. The maximum absolute atomic E-state index is 10.7. The van der Waals surface area contributed by atoms with Crippen LogP contribution in [0.5, 0.6) is 0 Å². The average Bonchev–Trinajstić information content (AvgIpc) is 2.74. The summed E-state index contributed by atoms with van der Waals surface area (Å²) in [6.07, 6.45) is 0. The van der Waals surface area contributed by atoms with Crippen molar-refractivity contribution in [3.8, 4) is 0 Å². The van der Waals surface area contributed by atoms with E-state index >= 15 is 0 Å². The zero-order chi connectivity index (χ0) is 13.1. The van der Waals surface area contributed by atoms with Gasteiger partial charge in [0, 0.05) is 28.9 Å². The van der Waals surface area contributed by atoms with E-state index in [2.05, 4.69) is 10.3 Å². The Morgan fingerprint density at radius 1 is 1.44 bits per heavy atom. The number of non-ortho nitro benzene ring substituents is 1. The number of aromatic nitrogens is 1. The zero-order valence-corrected chi connectivity index (χ0v) is 11.0. The van der Waals surface area contributed by atoms with Crippen molar-refractivity contribution < 1.29 is 4.92 Å². The Bertz CT molecular complexity index is 580. The van der Waals surface area contributed by atoms with E-state index in [4.69, 9.17) is 0 Å². The van der Waals surface area contributed by atoms with E-state index in [1.54, 1.807) is 23.5 Å². The third kappa shape index (κ3) is 2.84. The molecule has 5 nitrogen and oxygen atoms in total. The molecule has 1 N–H and O–H groups in total. The van der Waals surface area contributed by atoms with Crippen LogP contribution in [0.4, 0.5) is 11.4 Å². The molecule has 1 aromatic heterocycles. The Hall–Kier alpha value is -1.95. The van der Waals surface area contributed by atoms with Gasteiger partial charge in [0.25, 0.3) is 5.69 Å². The predicted octanol–water partition coefficient (Wildman–Crippen LogP) is 3.28. The summed E-state index contributed by atoms with van der Waals surface area (Å²) in [7, 11) is 0. The van der Waals surface area contributed by atoms with Gasteiger partial charge in [-0.1, -0.05) is 6.07 Å². The van der Waals surface area contributed by atoms with Crippen molar-refractivity contribution in [3.05, 3.63) is 50.0 Å². The number of hydrogen-bond donors (Lipinski definition) is 1. The van der Waals surface area contributed by atoms with Crippen LogP contribution in [0.3, 0.4) is 0 Å². The minimum atomic E-state index is -0.391. The molecule has 1 aromatic carbocycles. The predicted molar refractivity (Wildman–Crippen MR) is 72.0 cm³/mol. The van der Waals surface area contributed by atoms with E-state index < -0.39 is 4.92 Å². The van der Waals surface area contributed by atoms with Crippen LogP contribution in [0.1, 0.15) is 16.3 Å². The van der Waals surface area contributed by atoms with E-state index in [0.717, 1.165) is 22.0 Å². The monoisotopic (exact) mass is 263 g/mol. The molecule has 0 saturated carbocycles. The summed E-state index contributed by atoms with van der Waals surface area (Å²) in [5.41, 5.74) is 2.84. The van der Waals surface area contributed by atoms with Gasteiger partial charge in [-0.05, 0) is 19.4 Å². The summed E-state index contributed by atoms with van der Waals surface area (Å²) in [5.74, 6) is 0. The van der Waals surface area contributed by atoms with Crippen LogP contribution in [-0.4, -0.2) is 9.91 Å². The van der Waals surface area contributed by atoms with Crippen molar-refractivity contribution in [2.75, 3.05) is 5.32 Å². The highest BCUT2D eigenvalue weighted by atomic mass is 32.1. The maximum Gasteiger partial charge on any atom is 0.271 e. The molecule has 94 valence electrons. The summed E-state index contributed by atoms with van der Waals surface area (Å²) in [6, 6.07) is 4.80. The fraction of sp³-hybridized carbons (Fsp3) is 0.250. The summed E-state index contributed by atoms with van der Waals surface area (Å²) in [4.78, 5) is 14.7. The minimum Gasteiger partial charge on any atom is -0.378 e. The van der Waals surface area contributed by atoms with Crippen molar-refractivity contribution in [2.45, 2.75) is 20.4 Å². The van der Waals surface area contributed by atoms with Crippen LogP contribution in [0.25, 0.3) is 0 Å².